The van der Waals surface area contributed by atoms with Gasteiger partial charge in [-0.3, -0.25) is 14.8 Å². The van der Waals surface area contributed by atoms with Gasteiger partial charge in [-0.05, 0) is 23.6 Å². The van der Waals surface area contributed by atoms with Gasteiger partial charge in [0.1, 0.15) is 0 Å². The van der Waals surface area contributed by atoms with E-state index in [2.05, 4.69) is 0 Å². The molecule has 0 aliphatic heterocycles. The summed E-state index contributed by atoms with van der Waals surface area (Å²) in [4.78, 5) is 22.9. The molecule has 0 unspecified atom stereocenters. The maximum atomic E-state index is 11.8. The zero-order valence-electron chi connectivity index (χ0n) is 8.60. The Hall–Kier alpha value is -2.14. The number of hydrogen-bond acceptors (Lipinski definition) is 3. The van der Waals surface area contributed by atoms with E-state index in [0.717, 1.165) is 5.39 Å². The van der Waals surface area contributed by atoms with E-state index in [1.54, 1.807) is 31.4 Å². The van der Waals surface area contributed by atoms with Gasteiger partial charge in [-0.25, -0.2) is 5.48 Å². The number of aryl methyl sites for hydroxylation is 1. The predicted octanol–water partition coefficient (Wildman–Crippen LogP) is 0.657. The Labute approximate surface area is 90.9 Å². The normalized spacial score (nSPS) is 10.4. The summed E-state index contributed by atoms with van der Waals surface area (Å²) in [7, 11) is 1.64. The summed E-state index contributed by atoms with van der Waals surface area (Å²) in [6.07, 6.45) is 1.66. The van der Waals surface area contributed by atoms with Crippen molar-refractivity contribution in [2.24, 2.45) is 7.05 Å². The highest BCUT2D eigenvalue weighted by atomic mass is 16.5. The number of pyridine rings is 1. The highest BCUT2D eigenvalue weighted by molar-refractivity contribution is 5.97. The van der Waals surface area contributed by atoms with Crippen molar-refractivity contribution in [3.8, 4) is 0 Å². The first-order valence-electron chi connectivity index (χ1n) is 4.67. The summed E-state index contributed by atoms with van der Waals surface area (Å²) in [5, 5.41) is 9.71. The minimum absolute atomic E-state index is 0.176. The largest absolute Gasteiger partial charge is 0.318 e. The zero-order chi connectivity index (χ0) is 11.7. The Morgan fingerprint density at radius 3 is 2.81 bits per heavy atom. The standard InChI is InChI=1S/C11H10N2O3/c1-13-5-4-7-2-3-8(10(14)12-16)6-9(7)11(13)15/h2-6,16H,1H3,(H,12,14). The van der Waals surface area contributed by atoms with Crippen molar-refractivity contribution in [3.05, 3.63) is 46.4 Å². The summed E-state index contributed by atoms with van der Waals surface area (Å²) in [5.41, 5.74) is 1.60. The van der Waals surface area contributed by atoms with Crippen molar-refractivity contribution >= 4 is 16.7 Å². The van der Waals surface area contributed by atoms with E-state index in [-0.39, 0.29) is 11.1 Å². The number of carbonyl (C=O) groups is 1. The van der Waals surface area contributed by atoms with Gasteiger partial charge < -0.3 is 4.57 Å². The Morgan fingerprint density at radius 2 is 2.12 bits per heavy atom. The van der Waals surface area contributed by atoms with Crippen LogP contribution in [0.15, 0.2) is 35.3 Å². The monoisotopic (exact) mass is 218 g/mol. The van der Waals surface area contributed by atoms with E-state index in [1.807, 2.05) is 0 Å². The van der Waals surface area contributed by atoms with E-state index < -0.39 is 5.91 Å². The van der Waals surface area contributed by atoms with Crippen molar-refractivity contribution in [2.75, 3.05) is 0 Å². The van der Waals surface area contributed by atoms with Crippen LogP contribution in [0.1, 0.15) is 10.4 Å². The van der Waals surface area contributed by atoms with Gasteiger partial charge in [-0.1, -0.05) is 6.07 Å². The molecule has 1 amide bonds. The van der Waals surface area contributed by atoms with E-state index in [4.69, 9.17) is 5.21 Å². The number of amides is 1. The third-order valence-electron chi connectivity index (χ3n) is 2.45. The Morgan fingerprint density at radius 1 is 1.38 bits per heavy atom. The van der Waals surface area contributed by atoms with E-state index in [9.17, 15) is 9.59 Å². The summed E-state index contributed by atoms with van der Waals surface area (Å²) < 4.78 is 1.43. The lowest BCUT2D eigenvalue weighted by molar-refractivity contribution is 0.0706. The quantitative estimate of drug-likeness (QED) is 0.545. The SMILES string of the molecule is Cn1ccc2ccc(C(=O)NO)cc2c1=O. The van der Waals surface area contributed by atoms with Crippen LogP contribution < -0.4 is 11.0 Å². The van der Waals surface area contributed by atoms with Gasteiger partial charge in [0.05, 0.1) is 0 Å². The molecule has 0 fully saturated rings. The lowest BCUT2D eigenvalue weighted by Crippen LogP contribution is -2.20. The van der Waals surface area contributed by atoms with Crippen molar-refractivity contribution < 1.29 is 10.0 Å². The topological polar surface area (TPSA) is 71.3 Å². The highest BCUT2D eigenvalue weighted by Gasteiger charge is 2.07. The van der Waals surface area contributed by atoms with Gasteiger partial charge >= 0.3 is 0 Å². The second-order valence-corrected chi connectivity index (χ2v) is 3.47. The van der Waals surface area contributed by atoms with Gasteiger partial charge in [-0.2, -0.15) is 0 Å². The van der Waals surface area contributed by atoms with Crippen LogP contribution in [0.25, 0.3) is 10.8 Å². The molecule has 0 bridgehead atoms. The van der Waals surface area contributed by atoms with Crippen LogP contribution >= 0.6 is 0 Å². The third kappa shape index (κ3) is 1.57. The molecular weight excluding hydrogens is 208 g/mol. The smallest absolute Gasteiger partial charge is 0.274 e. The Kier molecular flexibility index (Phi) is 2.46. The van der Waals surface area contributed by atoms with E-state index in [0.29, 0.717) is 5.39 Å². The molecule has 16 heavy (non-hydrogen) atoms. The average Bonchev–Trinajstić information content (AvgIpc) is 2.32. The molecule has 0 spiro atoms. The van der Waals surface area contributed by atoms with Crippen LogP contribution in [-0.2, 0) is 7.05 Å². The zero-order valence-corrected chi connectivity index (χ0v) is 8.60. The molecule has 2 N–H and O–H groups in total. The average molecular weight is 218 g/mol. The van der Waals surface area contributed by atoms with Crippen LogP contribution in [0.3, 0.4) is 0 Å². The number of carbonyl (C=O) groups excluding carboxylic acids is 1. The van der Waals surface area contributed by atoms with Gasteiger partial charge in [0.2, 0.25) is 0 Å². The molecule has 0 aliphatic rings. The molecule has 0 saturated heterocycles. The first-order valence-corrected chi connectivity index (χ1v) is 4.67. The van der Waals surface area contributed by atoms with Gasteiger partial charge in [0.25, 0.3) is 11.5 Å². The molecule has 1 aromatic heterocycles. The van der Waals surface area contributed by atoms with Gasteiger partial charge in [0, 0.05) is 24.2 Å². The minimum Gasteiger partial charge on any atom is -0.318 e. The first kappa shape index (κ1) is 10.4. The predicted molar refractivity (Wildman–Crippen MR) is 58.4 cm³/mol. The highest BCUT2D eigenvalue weighted by Crippen LogP contribution is 2.11. The summed E-state index contributed by atoms with van der Waals surface area (Å²) in [6.45, 7) is 0. The lowest BCUT2D eigenvalue weighted by atomic mass is 10.1. The molecule has 0 atom stereocenters. The summed E-state index contributed by atoms with van der Waals surface area (Å²) in [6, 6.07) is 6.47. The van der Waals surface area contributed by atoms with Crippen LogP contribution in [0, 0.1) is 0 Å². The van der Waals surface area contributed by atoms with Crippen LogP contribution in [0.4, 0.5) is 0 Å². The van der Waals surface area contributed by atoms with E-state index in [1.165, 1.54) is 16.1 Å². The van der Waals surface area contributed by atoms with Crippen molar-refractivity contribution in [1.82, 2.24) is 10.0 Å². The number of rotatable bonds is 1. The fourth-order valence-electron chi connectivity index (χ4n) is 1.54. The van der Waals surface area contributed by atoms with Gasteiger partial charge in [-0.15, -0.1) is 0 Å². The Bertz CT molecular complexity index is 616. The molecule has 2 rings (SSSR count). The molecule has 1 heterocycles. The third-order valence-corrected chi connectivity index (χ3v) is 2.45. The molecular formula is C11H10N2O3. The minimum atomic E-state index is -0.632. The number of hydrogen-bond donors (Lipinski definition) is 2. The van der Waals surface area contributed by atoms with Crippen molar-refractivity contribution in [2.45, 2.75) is 0 Å². The molecule has 1 aromatic carbocycles. The fraction of sp³-hybridized carbons (Fsp3) is 0.0909. The maximum Gasteiger partial charge on any atom is 0.274 e. The molecule has 0 aliphatic carbocycles. The van der Waals surface area contributed by atoms with Crippen LogP contribution in [0.2, 0.25) is 0 Å². The first-order chi connectivity index (χ1) is 7.63. The second-order valence-electron chi connectivity index (χ2n) is 3.47. The van der Waals surface area contributed by atoms with Gasteiger partial charge in [0.15, 0.2) is 0 Å². The number of hydroxylamine groups is 1. The molecule has 5 nitrogen and oxygen atoms in total. The number of nitrogens with one attached hydrogen (secondary N) is 1. The summed E-state index contributed by atoms with van der Waals surface area (Å²) in [5.74, 6) is -0.632. The maximum absolute atomic E-state index is 11.8. The number of benzene rings is 1. The molecule has 0 radical (unpaired) electrons. The number of nitrogens with zero attached hydrogens (tertiary/aromatic N) is 1. The lowest BCUT2D eigenvalue weighted by Gasteiger charge is -2.03. The Balaban J connectivity index is 2.74. The number of aromatic nitrogens is 1. The fourth-order valence-corrected chi connectivity index (χ4v) is 1.54. The van der Waals surface area contributed by atoms with E-state index >= 15 is 0 Å². The van der Waals surface area contributed by atoms with Crippen molar-refractivity contribution in [1.29, 1.82) is 0 Å². The number of fused-ring (bicyclic) bond motifs is 1. The van der Waals surface area contributed by atoms with Crippen molar-refractivity contribution in [3.63, 3.8) is 0 Å². The summed E-state index contributed by atoms with van der Waals surface area (Å²) >= 11 is 0. The molecule has 0 saturated carbocycles. The molecule has 2 aromatic rings. The van der Waals surface area contributed by atoms with Crippen LogP contribution in [-0.4, -0.2) is 15.7 Å². The molecule has 5 heteroatoms. The van der Waals surface area contributed by atoms with Crippen LogP contribution in [0.5, 0.6) is 0 Å². The molecule has 82 valence electrons. The second kappa shape index (κ2) is 3.79.